The van der Waals surface area contributed by atoms with Gasteiger partial charge in [0.2, 0.25) is 0 Å². The molecule has 0 spiro atoms. The first-order valence-electron chi connectivity index (χ1n) is 9.98. The summed E-state index contributed by atoms with van der Waals surface area (Å²) in [6.45, 7) is 6.05. The predicted octanol–water partition coefficient (Wildman–Crippen LogP) is 4.88. The lowest BCUT2D eigenvalue weighted by molar-refractivity contribution is -0.114. The number of hydrogen-bond donors (Lipinski definition) is 0. The highest BCUT2D eigenvalue weighted by molar-refractivity contribution is 6.32. The fraction of sp³-hybridized carbons (Fsp3) is 0.292. The normalized spacial score (nSPS) is 14.8. The zero-order valence-corrected chi connectivity index (χ0v) is 17.8. The maximum atomic E-state index is 13.0. The number of carbonyl (C=O) groups is 2. The van der Waals surface area contributed by atoms with Crippen LogP contribution < -0.4 is 14.5 Å². The van der Waals surface area contributed by atoms with Crippen LogP contribution in [0, 0.1) is 0 Å². The number of nitrogens with zero attached hydrogens (tertiary/aromatic N) is 2. The van der Waals surface area contributed by atoms with Gasteiger partial charge in [0.15, 0.2) is 17.3 Å². The van der Waals surface area contributed by atoms with Crippen molar-refractivity contribution in [2.24, 2.45) is 5.10 Å². The quantitative estimate of drug-likeness (QED) is 0.356. The summed E-state index contributed by atoms with van der Waals surface area (Å²) in [6.07, 6.45) is 3.83. The van der Waals surface area contributed by atoms with Crippen LogP contribution in [0.4, 0.5) is 5.69 Å². The van der Waals surface area contributed by atoms with E-state index >= 15 is 0 Å². The van der Waals surface area contributed by atoms with Crippen LogP contribution in [-0.4, -0.2) is 31.1 Å². The SMILES string of the molecule is CCCCOc1ccc(/C=C2\C(=O)N(c3ccc(C(C)=O)cc3)N=C2C)cc1OC. The van der Waals surface area contributed by atoms with E-state index in [1.165, 1.54) is 11.9 Å². The zero-order valence-electron chi connectivity index (χ0n) is 17.8. The van der Waals surface area contributed by atoms with E-state index in [9.17, 15) is 9.59 Å². The molecular formula is C24H26N2O4. The van der Waals surface area contributed by atoms with Crippen molar-refractivity contribution in [1.82, 2.24) is 0 Å². The van der Waals surface area contributed by atoms with Gasteiger partial charge in [-0.1, -0.05) is 19.4 Å². The van der Waals surface area contributed by atoms with Crippen LogP contribution >= 0.6 is 0 Å². The minimum absolute atomic E-state index is 0.0226. The average molecular weight is 406 g/mol. The molecule has 0 N–H and O–H groups in total. The number of rotatable bonds is 8. The van der Waals surface area contributed by atoms with E-state index in [0.29, 0.717) is 40.6 Å². The second kappa shape index (κ2) is 9.39. The predicted molar refractivity (Wildman–Crippen MR) is 118 cm³/mol. The van der Waals surface area contributed by atoms with Crippen molar-refractivity contribution in [2.75, 3.05) is 18.7 Å². The summed E-state index contributed by atoms with van der Waals surface area (Å²) in [6, 6.07) is 12.4. The topological polar surface area (TPSA) is 68.2 Å². The molecule has 2 aromatic rings. The van der Waals surface area contributed by atoms with Crippen LogP contribution in [0.1, 0.15) is 49.5 Å². The second-order valence-corrected chi connectivity index (χ2v) is 7.08. The van der Waals surface area contributed by atoms with Crippen molar-refractivity contribution in [3.8, 4) is 11.5 Å². The van der Waals surface area contributed by atoms with Crippen LogP contribution in [0.25, 0.3) is 6.08 Å². The molecule has 0 aliphatic carbocycles. The van der Waals surface area contributed by atoms with Crippen molar-refractivity contribution >= 4 is 29.2 Å². The largest absolute Gasteiger partial charge is 0.493 e. The van der Waals surface area contributed by atoms with Gasteiger partial charge in [-0.05, 0) is 68.3 Å². The molecule has 2 aromatic carbocycles. The number of amides is 1. The average Bonchev–Trinajstić information content (AvgIpc) is 3.03. The van der Waals surface area contributed by atoms with Gasteiger partial charge in [0, 0.05) is 5.56 Å². The van der Waals surface area contributed by atoms with E-state index in [2.05, 4.69) is 12.0 Å². The van der Waals surface area contributed by atoms with Crippen molar-refractivity contribution in [1.29, 1.82) is 0 Å². The monoisotopic (exact) mass is 406 g/mol. The lowest BCUT2D eigenvalue weighted by atomic mass is 10.1. The highest BCUT2D eigenvalue weighted by Gasteiger charge is 2.28. The van der Waals surface area contributed by atoms with Gasteiger partial charge in [0.05, 0.1) is 30.7 Å². The Morgan fingerprint density at radius 1 is 1.13 bits per heavy atom. The molecule has 0 fully saturated rings. The number of ether oxygens (including phenoxy) is 2. The number of ketones is 1. The van der Waals surface area contributed by atoms with Gasteiger partial charge in [-0.15, -0.1) is 0 Å². The molecule has 156 valence electrons. The Morgan fingerprint density at radius 2 is 1.87 bits per heavy atom. The van der Waals surface area contributed by atoms with E-state index in [1.54, 1.807) is 44.4 Å². The summed E-state index contributed by atoms with van der Waals surface area (Å²) in [5, 5.41) is 5.74. The third-order valence-electron chi connectivity index (χ3n) is 4.84. The maximum absolute atomic E-state index is 13.0. The van der Waals surface area contributed by atoms with Crippen LogP contribution in [0.5, 0.6) is 11.5 Å². The number of methoxy groups -OCH3 is 1. The van der Waals surface area contributed by atoms with E-state index in [0.717, 1.165) is 18.4 Å². The molecule has 0 saturated carbocycles. The molecule has 30 heavy (non-hydrogen) atoms. The number of carbonyl (C=O) groups excluding carboxylic acids is 2. The molecule has 0 atom stereocenters. The van der Waals surface area contributed by atoms with Gasteiger partial charge < -0.3 is 9.47 Å². The summed E-state index contributed by atoms with van der Waals surface area (Å²) >= 11 is 0. The Morgan fingerprint density at radius 3 is 2.50 bits per heavy atom. The number of hydrogen-bond acceptors (Lipinski definition) is 5. The molecule has 0 saturated heterocycles. The molecule has 0 bridgehead atoms. The van der Waals surface area contributed by atoms with E-state index in [-0.39, 0.29) is 11.7 Å². The van der Waals surface area contributed by atoms with Gasteiger partial charge in [-0.2, -0.15) is 10.1 Å². The Kier molecular flexibility index (Phi) is 6.67. The van der Waals surface area contributed by atoms with Crippen LogP contribution in [0.15, 0.2) is 53.1 Å². The first-order chi connectivity index (χ1) is 14.4. The minimum Gasteiger partial charge on any atom is -0.493 e. The fourth-order valence-corrected chi connectivity index (χ4v) is 3.08. The summed E-state index contributed by atoms with van der Waals surface area (Å²) in [7, 11) is 1.60. The molecule has 1 aliphatic rings. The van der Waals surface area contributed by atoms with Crippen LogP contribution in [-0.2, 0) is 4.79 Å². The Bertz CT molecular complexity index is 1010. The standard InChI is InChI=1S/C24H26N2O4/c1-5-6-13-30-22-12-7-18(15-23(22)29-4)14-21-16(2)25-26(24(21)28)20-10-8-19(9-11-20)17(3)27/h7-12,14-15H,5-6,13H2,1-4H3/b21-14-. The molecule has 0 unspecified atom stereocenters. The summed E-state index contributed by atoms with van der Waals surface area (Å²) < 4.78 is 11.2. The van der Waals surface area contributed by atoms with E-state index in [4.69, 9.17) is 9.47 Å². The van der Waals surface area contributed by atoms with Crippen molar-refractivity contribution < 1.29 is 19.1 Å². The van der Waals surface area contributed by atoms with Crippen molar-refractivity contribution in [2.45, 2.75) is 33.6 Å². The molecular weight excluding hydrogens is 380 g/mol. The van der Waals surface area contributed by atoms with Crippen molar-refractivity contribution in [3.63, 3.8) is 0 Å². The summed E-state index contributed by atoms with van der Waals surface area (Å²) in [4.78, 5) is 24.4. The van der Waals surface area contributed by atoms with Crippen molar-refractivity contribution in [3.05, 3.63) is 59.2 Å². The fourth-order valence-electron chi connectivity index (χ4n) is 3.08. The lowest BCUT2D eigenvalue weighted by Crippen LogP contribution is -2.21. The third-order valence-corrected chi connectivity index (χ3v) is 4.84. The molecule has 6 nitrogen and oxygen atoms in total. The molecule has 6 heteroatoms. The summed E-state index contributed by atoms with van der Waals surface area (Å²) in [5.41, 5.74) is 3.16. The second-order valence-electron chi connectivity index (χ2n) is 7.08. The first kappa shape index (κ1) is 21.3. The maximum Gasteiger partial charge on any atom is 0.280 e. The zero-order chi connectivity index (χ0) is 21.7. The van der Waals surface area contributed by atoms with Gasteiger partial charge in [0.25, 0.3) is 5.91 Å². The van der Waals surface area contributed by atoms with E-state index < -0.39 is 0 Å². The van der Waals surface area contributed by atoms with E-state index in [1.807, 2.05) is 18.2 Å². The smallest absolute Gasteiger partial charge is 0.280 e. The molecule has 1 amide bonds. The Labute approximate surface area is 176 Å². The highest BCUT2D eigenvalue weighted by Crippen LogP contribution is 2.31. The lowest BCUT2D eigenvalue weighted by Gasteiger charge is -2.12. The minimum atomic E-state index is -0.217. The number of anilines is 1. The number of benzene rings is 2. The molecule has 1 heterocycles. The van der Waals surface area contributed by atoms with Gasteiger partial charge >= 0.3 is 0 Å². The number of unbranched alkanes of at least 4 members (excludes halogenated alkanes) is 1. The molecule has 0 radical (unpaired) electrons. The number of hydrazone groups is 1. The molecule has 3 rings (SSSR count). The van der Waals surface area contributed by atoms with Gasteiger partial charge in [0.1, 0.15) is 0 Å². The number of Topliss-reactive ketones (excluding diaryl/α,β-unsaturated/α-hetero) is 1. The molecule has 0 aromatic heterocycles. The summed E-state index contributed by atoms with van der Waals surface area (Å²) in [5.74, 6) is 1.07. The Hall–Kier alpha value is -3.41. The van der Waals surface area contributed by atoms with Gasteiger partial charge in [-0.3, -0.25) is 9.59 Å². The first-order valence-corrected chi connectivity index (χ1v) is 9.98. The highest BCUT2D eigenvalue weighted by atomic mass is 16.5. The molecule has 1 aliphatic heterocycles. The third kappa shape index (κ3) is 4.59. The van der Waals surface area contributed by atoms with Crippen LogP contribution in [0.3, 0.4) is 0 Å². The van der Waals surface area contributed by atoms with Crippen LogP contribution in [0.2, 0.25) is 0 Å². The van der Waals surface area contributed by atoms with Gasteiger partial charge in [-0.25, -0.2) is 0 Å². The Balaban J connectivity index is 1.83.